The van der Waals surface area contributed by atoms with E-state index in [9.17, 15) is 4.39 Å². The van der Waals surface area contributed by atoms with Gasteiger partial charge in [-0.15, -0.1) is 11.3 Å². The number of halogens is 2. The van der Waals surface area contributed by atoms with Crippen LogP contribution in [0.1, 0.15) is 12.5 Å². The Morgan fingerprint density at radius 2 is 2.19 bits per heavy atom. The molecule has 0 fully saturated rings. The van der Waals surface area contributed by atoms with E-state index in [0.29, 0.717) is 28.1 Å². The zero-order chi connectivity index (χ0) is 18.7. The van der Waals surface area contributed by atoms with Crippen LogP contribution in [0.5, 0.6) is 5.75 Å². The largest absolute Gasteiger partial charge is 0.487 e. The van der Waals surface area contributed by atoms with E-state index in [2.05, 4.69) is 20.0 Å². The van der Waals surface area contributed by atoms with Gasteiger partial charge in [-0.25, -0.2) is 14.4 Å². The van der Waals surface area contributed by atoms with Gasteiger partial charge in [-0.2, -0.15) is 0 Å². The predicted molar refractivity (Wildman–Crippen MR) is 108 cm³/mol. The number of hydrogen-bond acceptors (Lipinski definition) is 7. The summed E-state index contributed by atoms with van der Waals surface area (Å²) in [5.74, 6) is 0.673. The second-order valence-corrected chi connectivity index (χ2v) is 7.95. The highest BCUT2D eigenvalue weighted by atomic mass is 35.5. The highest BCUT2D eigenvalue weighted by Crippen LogP contribution is 2.38. The molecule has 1 aromatic carbocycles. The molecule has 3 aromatic rings. The molecule has 2 N–H and O–H groups in total. The SMILES string of the molecule is CSNCC(C)Oc1cc(F)ccc1Nc1ncnc2sc(Cl)c(C)c12. The van der Waals surface area contributed by atoms with Crippen molar-refractivity contribution in [1.82, 2.24) is 14.7 Å². The Morgan fingerprint density at radius 3 is 2.96 bits per heavy atom. The van der Waals surface area contributed by atoms with E-state index >= 15 is 0 Å². The molecule has 0 aliphatic rings. The van der Waals surface area contributed by atoms with Gasteiger partial charge in [0.05, 0.1) is 15.4 Å². The van der Waals surface area contributed by atoms with E-state index in [1.807, 2.05) is 20.1 Å². The smallest absolute Gasteiger partial charge is 0.146 e. The Morgan fingerprint density at radius 1 is 1.38 bits per heavy atom. The first-order valence-electron chi connectivity index (χ1n) is 7.88. The van der Waals surface area contributed by atoms with Gasteiger partial charge < -0.3 is 10.1 Å². The molecule has 2 aromatic heterocycles. The Balaban J connectivity index is 1.93. The molecule has 0 saturated heterocycles. The number of aryl methyl sites for hydroxylation is 1. The molecule has 138 valence electrons. The lowest BCUT2D eigenvalue weighted by atomic mass is 10.2. The van der Waals surface area contributed by atoms with Gasteiger partial charge in [0.25, 0.3) is 0 Å². The van der Waals surface area contributed by atoms with Crippen molar-refractivity contribution >= 4 is 56.6 Å². The molecule has 0 aliphatic carbocycles. The Hall–Kier alpha value is -1.61. The highest BCUT2D eigenvalue weighted by Gasteiger charge is 2.16. The fraction of sp³-hybridized carbons (Fsp3) is 0.294. The minimum atomic E-state index is -0.363. The molecule has 0 spiro atoms. The van der Waals surface area contributed by atoms with Crippen LogP contribution < -0.4 is 14.8 Å². The third-order valence-corrected chi connectivity index (χ3v) is 5.67. The van der Waals surface area contributed by atoms with Crippen LogP contribution in [0.15, 0.2) is 24.5 Å². The van der Waals surface area contributed by atoms with Crippen molar-refractivity contribution in [3.63, 3.8) is 0 Å². The number of anilines is 2. The first kappa shape index (κ1) is 19.2. The molecule has 26 heavy (non-hydrogen) atoms. The lowest BCUT2D eigenvalue weighted by molar-refractivity contribution is 0.226. The summed E-state index contributed by atoms with van der Waals surface area (Å²) in [6, 6.07) is 4.38. The average molecular weight is 413 g/mol. The molecular weight excluding hydrogens is 395 g/mol. The number of benzene rings is 1. The van der Waals surface area contributed by atoms with Gasteiger partial charge in [0.1, 0.15) is 34.6 Å². The van der Waals surface area contributed by atoms with Gasteiger partial charge in [-0.1, -0.05) is 23.5 Å². The Bertz CT molecular complexity index is 921. The topological polar surface area (TPSA) is 59.1 Å². The van der Waals surface area contributed by atoms with E-state index in [0.717, 1.165) is 15.8 Å². The van der Waals surface area contributed by atoms with Gasteiger partial charge >= 0.3 is 0 Å². The van der Waals surface area contributed by atoms with Crippen molar-refractivity contribution in [2.24, 2.45) is 0 Å². The number of fused-ring (bicyclic) bond motifs is 1. The number of rotatable bonds is 7. The summed E-state index contributed by atoms with van der Waals surface area (Å²) in [6.45, 7) is 4.48. The van der Waals surface area contributed by atoms with Crippen molar-refractivity contribution in [3.05, 3.63) is 40.2 Å². The van der Waals surface area contributed by atoms with E-state index in [-0.39, 0.29) is 11.9 Å². The summed E-state index contributed by atoms with van der Waals surface area (Å²) < 4.78 is 23.4. The summed E-state index contributed by atoms with van der Waals surface area (Å²) in [5, 5.41) is 4.09. The van der Waals surface area contributed by atoms with Crippen LogP contribution in [-0.2, 0) is 0 Å². The van der Waals surface area contributed by atoms with Crippen LogP contribution in [0.3, 0.4) is 0 Å². The summed E-state index contributed by atoms with van der Waals surface area (Å²) in [7, 11) is 0. The standard InChI is InChI=1S/C17H18ClFN4OS2/c1-9(7-22-25-3)24-13-6-11(19)4-5-12(13)23-16-14-10(2)15(18)26-17(14)21-8-20-16/h4-6,8-9,22H,7H2,1-3H3,(H,20,21,23). The van der Waals surface area contributed by atoms with Crippen molar-refractivity contribution < 1.29 is 9.13 Å². The first-order chi connectivity index (χ1) is 12.5. The number of ether oxygens (including phenoxy) is 1. The summed E-state index contributed by atoms with van der Waals surface area (Å²) in [6.07, 6.45) is 3.29. The molecule has 9 heteroatoms. The Kier molecular flexibility index (Phi) is 6.18. The summed E-state index contributed by atoms with van der Waals surface area (Å²) in [4.78, 5) is 9.39. The first-order valence-corrected chi connectivity index (χ1v) is 10.3. The van der Waals surface area contributed by atoms with Gasteiger partial charge in [0.2, 0.25) is 0 Å². The van der Waals surface area contributed by atoms with E-state index in [1.165, 1.54) is 41.7 Å². The maximum absolute atomic E-state index is 13.7. The normalized spacial score (nSPS) is 12.3. The van der Waals surface area contributed by atoms with Crippen molar-refractivity contribution in [2.45, 2.75) is 20.0 Å². The van der Waals surface area contributed by atoms with Gasteiger partial charge in [-0.05, 0) is 37.8 Å². The lowest BCUT2D eigenvalue weighted by Gasteiger charge is -2.18. The Labute approximate surface area is 164 Å². The number of hydrogen-bond donors (Lipinski definition) is 2. The van der Waals surface area contributed by atoms with Crippen LogP contribution in [0, 0.1) is 12.7 Å². The molecular formula is C17H18ClFN4OS2. The number of aromatic nitrogens is 2. The van der Waals surface area contributed by atoms with E-state index in [1.54, 1.807) is 6.07 Å². The minimum Gasteiger partial charge on any atom is -0.487 e. The third kappa shape index (κ3) is 4.20. The second-order valence-electron chi connectivity index (χ2n) is 5.65. The van der Waals surface area contributed by atoms with Crippen molar-refractivity contribution in [3.8, 4) is 5.75 Å². The monoisotopic (exact) mass is 412 g/mol. The van der Waals surface area contributed by atoms with Gasteiger partial charge in [-0.3, -0.25) is 4.72 Å². The molecule has 0 bridgehead atoms. The molecule has 5 nitrogen and oxygen atoms in total. The summed E-state index contributed by atoms with van der Waals surface area (Å²) >= 11 is 9.15. The second kappa shape index (κ2) is 8.39. The average Bonchev–Trinajstić information content (AvgIpc) is 2.90. The third-order valence-electron chi connectivity index (χ3n) is 3.71. The van der Waals surface area contributed by atoms with Crippen LogP contribution in [0.25, 0.3) is 10.2 Å². The number of nitrogens with zero attached hydrogens (tertiary/aromatic N) is 2. The molecule has 0 radical (unpaired) electrons. The quantitative estimate of drug-likeness (QED) is 0.522. The van der Waals surface area contributed by atoms with Crippen molar-refractivity contribution in [2.75, 3.05) is 18.1 Å². The lowest BCUT2D eigenvalue weighted by Crippen LogP contribution is -2.25. The highest BCUT2D eigenvalue weighted by molar-refractivity contribution is 7.96. The van der Waals surface area contributed by atoms with E-state index < -0.39 is 0 Å². The van der Waals surface area contributed by atoms with Crippen molar-refractivity contribution in [1.29, 1.82) is 0 Å². The van der Waals surface area contributed by atoms with Gasteiger partial charge in [0.15, 0.2) is 0 Å². The molecule has 3 rings (SSSR count). The van der Waals surface area contributed by atoms with Crippen LogP contribution in [0.4, 0.5) is 15.9 Å². The molecule has 0 saturated carbocycles. The maximum Gasteiger partial charge on any atom is 0.146 e. The fourth-order valence-electron chi connectivity index (χ4n) is 2.42. The number of nitrogens with one attached hydrogen (secondary N) is 2. The zero-order valence-corrected chi connectivity index (χ0v) is 16.9. The molecule has 1 unspecified atom stereocenters. The van der Waals surface area contributed by atoms with Crippen LogP contribution in [-0.4, -0.2) is 28.9 Å². The zero-order valence-electron chi connectivity index (χ0n) is 14.5. The minimum absolute atomic E-state index is 0.132. The van der Waals surface area contributed by atoms with E-state index in [4.69, 9.17) is 16.3 Å². The van der Waals surface area contributed by atoms with Gasteiger partial charge in [0, 0.05) is 12.6 Å². The maximum atomic E-state index is 13.7. The van der Waals surface area contributed by atoms with Crippen LogP contribution in [0.2, 0.25) is 4.34 Å². The summed E-state index contributed by atoms with van der Waals surface area (Å²) in [5.41, 5.74) is 1.54. The fourth-order valence-corrected chi connectivity index (χ4v) is 4.01. The molecule has 0 aliphatic heterocycles. The van der Waals surface area contributed by atoms with Crippen LogP contribution >= 0.6 is 34.9 Å². The molecule has 2 heterocycles. The molecule has 1 atom stereocenters. The molecule has 0 amide bonds. The number of thiophene rings is 1. The predicted octanol–water partition coefficient (Wildman–Crippen LogP) is 5.17.